The van der Waals surface area contributed by atoms with Crippen molar-refractivity contribution in [3.05, 3.63) is 20.8 Å². The Morgan fingerprint density at radius 2 is 2.31 bits per heavy atom. The van der Waals surface area contributed by atoms with Gasteiger partial charge in [-0.1, -0.05) is 6.42 Å². The van der Waals surface area contributed by atoms with Crippen LogP contribution >= 0.6 is 27.3 Å². The van der Waals surface area contributed by atoms with Gasteiger partial charge in [0.1, 0.15) is 0 Å². The van der Waals surface area contributed by atoms with Crippen molar-refractivity contribution in [2.75, 3.05) is 20.1 Å². The van der Waals surface area contributed by atoms with E-state index in [4.69, 9.17) is 5.73 Å². The number of hydrogen-bond donors (Lipinski definition) is 1. The maximum absolute atomic E-state index is 5.88. The molecule has 4 heteroatoms. The fourth-order valence-electron chi connectivity index (χ4n) is 2.43. The highest BCUT2D eigenvalue weighted by molar-refractivity contribution is 9.10. The number of halogens is 1. The lowest BCUT2D eigenvalue weighted by molar-refractivity contribution is 0.0850. The first-order valence-corrected chi connectivity index (χ1v) is 7.42. The Kier molecular flexibility index (Phi) is 4.06. The van der Waals surface area contributed by atoms with E-state index in [1.165, 1.54) is 28.6 Å². The van der Waals surface area contributed by atoms with E-state index < -0.39 is 0 Å². The van der Waals surface area contributed by atoms with Gasteiger partial charge in [-0.3, -0.25) is 0 Å². The third-order valence-electron chi connectivity index (χ3n) is 3.50. The molecule has 1 aromatic rings. The van der Waals surface area contributed by atoms with E-state index in [0.29, 0.717) is 5.41 Å². The maximum Gasteiger partial charge on any atom is 0.0325 e. The molecule has 2 N–H and O–H groups in total. The molecule has 1 heterocycles. The topological polar surface area (TPSA) is 29.3 Å². The number of nitrogens with two attached hydrogens (primary N) is 1. The summed E-state index contributed by atoms with van der Waals surface area (Å²) in [5.41, 5.74) is 6.30. The summed E-state index contributed by atoms with van der Waals surface area (Å²) in [6.07, 6.45) is 3.97. The molecule has 0 radical (unpaired) electrons. The molecule has 2 rings (SSSR count). The summed E-state index contributed by atoms with van der Waals surface area (Å²) in [7, 11) is 2.20. The molecule has 0 aromatic carbocycles. The van der Waals surface area contributed by atoms with Gasteiger partial charge in [-0.2, -0.15) is 0 Å². The molecule has 1 aliphatic carbocycles. The summed E-state index contributed by atoms with van der Waals surface area (Å²) < 4.78 is 1.19. The highest BCUT2D eigenvalue weighted by Crippen LogP contribution is 2.40. The number of rotatable bonds is 5. The molecule has 0 unspecified atom stereocenters. The van der Waals surface area contributed by atoms with E-state index in [-0.39, 0.29) is 0 Å². The van der Waals surface area contributed by atoms with Crippen LogP contribution in [0.5, 0.6) is 0 Å². The van der Waals surface area contributed by atoms with Gasteiger partial charge in [0.05, 0.1) is 0 Å². The van der Waals surface area contributed by atoms with Crippen molar-refractivity contribution >= 4 is 27.3 Å². The molecule has 0 amide bonds. The van der Waals surface area contributed by atoms with Crippen molar-refractivity contribution in [1.29, 1.82) is 0 Å². The van der Waals surface area contributed by atoms with Gasteiger partial charge in [0.15, 0.2) is 0 Å². The van der Waals surface area contributed by atoms with E-state index in [2.05, 4.69) is 39.3 Å². The lowest BCUT2D eigenvalue weighted by Crippen LogP contribution is -2.45. The Bertz CT molecular complexity index is 341. The summed E-state index contributed by atoms with van der Waals surface area (Å²) in [4.78, 5) is 3.82. The highest BCUT2D eigenvalue weighted by atomic mass is 79.9. The molecule has 90 valence electrons. The summed E-state index contributed by atoms with van der Waals surface area (Å²) in [5, 5.41) is 2.14. The molecule has 2 nitrogen and oxygen atoms in total. The van der Waals surface area contributed by atoms with Gasteiger partial charge in [-0.05, 0) is 53.8 Å². The monoisotopic (exact) mass is 302 g/mol. The van der Waals surface area contributed by atoms with E-state index in [0.717, 1.165) is 19.6 Å². The van der Waals surface area contributed by atoms with Crippen LogP contribution in [-0.4, -0.2) is 25.0 Å². The predicted octanol–water partition coefficient (Wildman–Crippen LogP) is 3.07. The Balaban J connectivity index is 1.86. The van der Waals surface area contributed by atoms with E-state index in [9.17, 15) is 0 Å². The van der Waals surface area contributed by atoms with Crippen LogP contribution in [0.15, 0.2) is 15.9 Å². The molecule has 1 aliphatic rings. The van der Waals surface area contributed by atoms with Crippen LogP contribution in [0, 0.1) is 5.41 Å². The zero-order valence-corrected chi connectivity index (χ0v) is 12.1. The zero-order chi connectivity index (χ0) is 11.6. The average Bonchev–Trinajstić information content (AvgIpc) is 2.57. The lowest BCUT2D eigenvalue weighted by atomic mass is 9.68. The Morgan fingerprint density at radius 1 is 1.56 bits per heavy atom. The minimum atomic E-state index is 0.420. The first-order chi connectivity index (χ1) is 7.63. The van der Waals surface area contributed by atoms with Crippen molar-refractivity contribution in [1.82, 2.24) is 4.90 Å². The van der Waals surface area contributed by atoms with E-state index in [1.54, 1.807) is 0 Å². The molecule has 0 spiro atoms. The van der Waals surface area contributed by atoms with Crippen LogP contribution in [0.25, 0.3) is 0 Å². The second kappa shape index (κ2) is 5.17. The van der Waals surface area contributed by atoms with Gasteiger partial charge in [0.25, 0.3) is 0 Å². The number of nitrogens with zero attached hydrogens (tertiary/aromatic N) is 1. The largest absolute Gasteiger partial charge is 0.330 e. The summed E-state index contributed by atoms with van der Waals surface area (Å²) in [6, 6.07) is 2.21. The average molecular weight is 303 g/mol. The van der Waals surface area contributed by atoms with Gasteiger partial charge in [-0.25, -0.2) is 0 Å². The molecule has 1 aromatic heterocycles. The summed E-state index contributed by atoms with van der Waals surface area (Å²) >= 11 is 5.31. The molecule has 1 fully saturated rings. The third-order valence-corrected chi connectivity index (χ3v) is 5.18. The molecular weight excluding hydrogens is 284 g/mol. The van der Waals surface area contributed by atoms with Crippen LogP contribution in [-0.2, 0) is 6.54 Å². The smallest absolute Gasteiger partial charge is 0.0325 e. The summed E-state index contributed by atoms with van der Waals surface area (Å²) in [6.45, 7) is 3.02. The fourth-order valence-corrected chi connectivity index (χ4v) is 3.96. The first kappa shape index (κ1) is 12.6. The molecule has 0 saturated heterocycles. The van der Waals surface area contributed by atoms with Crippen molar-refractivity contribution in [2.45, 2.75) is 25.8 Å². The van der Waals surface area contributed by atoms with Crippen LogP contribution in [0.2, 0.25) is 0 Å². The van der Waals surface area contributed by atoms with Crippen LogP contribution in [0.1, 0.15) is 24.1 Å². The van der Waals surface area contributed by atoms with Gasteiger partial charge in [0.2, 0.25) is 0 Å². The van der Waals surface area contributed by atoms with E-state index in [1.807, 2.05) is 11.3 Å². The third kappa shape index (κ3) is 2.86. The van der Waals surface area contributed by atoms with Crippen molar-refractivity contribution in [3.8, 4) is 0 Å². The lowest BCUT2D eigenvalue weighted by Gasteiger charge is -2.43. The van der Waals surface area contributed by atoms with Gasteiger partial charge < -0.3 is 10.6 Å². The molecule has 0 aliphatic heterocycles. The first-order valence-electron chi connectivity index (χ1n) is 5.75. The van der Waals surface area contributed by atoms with Crippen molar-refractivity contribution < 1.29 is 0 Å². The normalized spacial score (nSPS) is 18.8. The van der Waals surface area contributed by atoms with Gasteiger partial charge in [0, 0.05) is 27.8 Å². The van der Waals surface area contributed by atoms with Crippen LogP contribution in [0.3, 0.4) is 0 Å². The molecule has 0 bridgehead atoms. The SMILES string of the molecule is CN(Cc1cc(Br)cs1)CC1(CN)CCC1. The van der Waals surface area contributed by atoms with Gasteiger partial charge in [-0.15, -0.1) is 11.3 Å². The molecule has 16 heavy (non-hydrogen) atoms. The molecule has 0 atom stereocenters. The Morgan fingerprint density at radius 3 is 2.75 bits per heavy atom. The number of thiophene rings is 1. The second-order valence-corrected chi connectivity index (χ2v) is 6.87. The number of hydrogen-bond acceptors (Lipinski definition) is 3. The van der Waals surface area contributed by atoms with Crippen LogP contribution in [0.4, 0.5) is 0 Å². The van der Waals surface area contributed by atoms with Crippen LogP contribution < -0.4 is 5.73 Å². The highest BCUT2D eigenvalue weighted by Gasteiger charge is 2.36. The zero-order valence-electron chi connectivity index (χ0n) is 9.71. The minimum absolute atomic E-state index is 0.420. The molecular formula is C12H19BrN2S. The van der Waals surface area contributed by atoms with Gasteiger partial charge >= 0.3 is 0 Å². The maximum atomic E-state index is 5.88. The Hall–Kier alpha value is 0.1000. The standard InChI is InChI=1S/C12H19BrN2S/c1-15(6-11-5-10(13)7-16-11)9-12(8-14)3-2-4-12/h5,7H,2-4,6,8-9,14H2,1H3. The van der Waals surface area contributed by atoms with E-state index >= 15 is 0 Å². The quantitative estimate of drug-likeness (QED) is 0.906. The second-order valence-electron chi connectivity index (χ2n) is 4.96. The minimum Gasteiger partial charge on any atom is -0.330 e. The van der Waals surface area contributed by atoms with Crippen molar-refractivity contribution in [3.63, 3.8) is 0 Å². The predicted molar refractivity (Wildman–Crippen MR) is 73.7 cm³/mol. The molecule has 1 saturated carbocycles. The summed E-state index contributed by atoms with van der Waals surface area (Å²) in [5.74, 6) is 0. The van der Waals surface area contributed by atoms with Crippen molar-refractivity contribution in [2.24, 2.45) is 11.1 Å². The fraction of sp³-hybridized carbons (Fsp3) is 0.667. The Labute approximate surface area is 110 Å².